The van der Waals surface area contributed by atoms with Crippen LogP contribution in [-0.2, 0) is 11.2 Å². The number of pyridine rings is 1. The summed E-state index contributed by atoms with van der Waals surface area (Å²) >= 11 is 0. The molecular weight excluding hydrogens is 493 g/mol. The summed E-state index contributed by atoms with van der Waals surface area (Å²) in [5.74, 6) is -2.58. The molecule has 2 aromatic heterocycles. The van der Waals surface area contributed by atoms with E-state index in [1.807, 2.05) is 37.3 Å². The lowest BCUT2D eigenvalue weighted by atomic mass is 9.87. The fourth-order valence-electron chi connectivity index (χ4n) is 5.24. The van der Waals surface area contributed by atoms with Crippen LogP contribution in [0.2, 0.25) is 0 Å². The zero-order valence-corrected chi connectivity index (χ0v) is 21.2. The van der Waals surface area contributed by atoms with Crippen LogP contribution < -0.4 is 0 Å². The molecule has 0 fully saturated rings. The van der Waals surface area contributed by atoms with E-state index in [4.69, 9.17) is 9.52 Å². The molecule has 196 valence electrons. The molecule has 0 saturated carbocycles. The molecule has 3 heterocycles. The summed E-state index contributed by atoms with van der Waals surface area (Å²) in [7, 11) is 0. The molecule has 0 radical (unpaired) electrons. The first-order chi connectivity index (χ1) is 18.0. The number of aliphatic carboxylic acids is 1. The number of nitrogens with zero attached hydrogens (tertiary/aromatic N) is 2. The Morgan fingerprint density at radius 1 is 1.18 bits per heavy atom. The lowest BCUT2D eigenvalue weighted by Gasteiger charge is -2.42. The highest BCUT2D eigenvalue weighted by atomic mass is 19.1. The van der Waals surface area contributed by atoms with Gasteiger partial charge in [0.25, 0.3) is 0 Å². The topological polar surface area (TPSA) is 66.6 Å². The Morgan fingerprint density at radius 2 is 1.92 bits per heavy atom. The van der Waals surface area contributed by atoms with E-state index in [-0.39, 0.29) is 23.7 Å². The Bertz CT molecular complexity index is 1520. The van der Waals surface area contributed by atoms with Crippen LogP contribution in [0.5, 0.6) is 0 Å². The van der Waals surface area contributed by atoms with E-state index in [2.05, 4.69) is 4.98 Å². The smallest absolute Gasteiger partial charge is 0.328 e. The molecule has 5 nitrogen and oxygen atoms in total. The van der Waals surface area contributed by atoms with Gasteiger partial charge in [0.05, 0.1) is 0 Å². The molecule has 5 rings (SSSR count). The van der Waals surface area contributed by atoms with Gasteiger partial charge in [-0.3, -0.25) is 9.88 Å². The minimum Gasteiger partial charge on any atom is -0.478 e. The van der Waals surface area contributed by atoms with Crippen molar-refractivity contribution in [1.29, 1.82) is 0 Å². The average Bonchev–Trinajstić information content (AvgIpc) is 3.21. The number of alkyl halides is 1. The van der Waals surface area contributed by atoms with Crippen molar-refractivity contribution in [3.05, 3.63) is 95.0 Å². The van der Waals surface area contributed by atoms with Gasteiger partial charge in [0, 0.05) is 53.1 Å². The van der Waals surface area contributed by atoms with Crippen LogP contribution >= 0.6 is 0 Å². The maximum atomic E-state index is 15.6. The van der Waals surface area contributed by atoms with Crippen LogP contribution in [0.15, 0.2) is 65.4 Å². The highest BCUT2D eigenvalue weighted by Gasteiger charge is 2.42. The molecule has 0 spiro atoms. The van der Waals surface area contributed by atoms with Gasteiger partial charge in [0.2, 0.25) is 0 Å². The lowest BCUT2D eigenvalue weighted by molar-refractivity contribution is -0.131. The van der Waals surface area contributed by atoms with Crippen molar-refractivity contribution in [2.75, 3.05) is 6.54 Å². The number of carboxylic acids is 1. The number of carbonyl (C=O) groups is 1. The fourth-order valence-corrected chi connectivity index (χ4v) is 5.24. The van der Waals surface area contributed by atoms with Crippen LogP contribution in [0, 0.1) is 11.6 Å². The van der Waals surface area contributed by atoms with Crippen molar-refractivity contribution in [3.8, 4) is 11.1 Å². The predicted molar refractivity (Wildman–Crippen MR) is 139 cm³/mol. The molecule has 0 amide bonds. The Balaban J connectivity index is 1.69. The Hall–Kier alpha value is -3.91. The quantitative estimate of drug-likeness (QED) is 0.279. The molecular formula is C30H27F3N2O3. The van der Waals surface area contributed by atoms with Gasteiger partial charge in [-0.05, 0) is 74.7 Å². The number of fused-ring (bicyclic) bond motifs is 3. The molecule has 38 heavy (non-hydrogen) atoms. The van der Waals surface area contributed by atoms with Crippen molar-refractivity contribution >= 4 is 23.0 Å². The van der Waals surface area contributed by atoms with Crippen LogP contribution in [-0.4, -0.2) is 39.2 Å². The Morgan fingerprint density at radius 3 is 2.55 bits per heavy atom. The second-order valence-electron chi connectivity index (χ2n) is 10.3. The summed E-state index contributed by atoms with van der Waals surface area (Å²) in [6.07, 6.45) is 5.90. The normalized spacial score (nSPS) is 18.3. The zero-order valence-electron chi connectivity index (χ0n) is 21.2. The molecule has 0 bridgehead atoms. The van der Waals surface area contributed by atoms with Gasteiger partial charge < -0.3 is 9.52 Å². The molecule has 2 unspecified atom stereocenters. The van der Waals surface area contributed by atoms with Gasteiger partial charge in [-0.1, -0.05) is 12.1 Å². The molecule has 1 aliphatic rings. The molecule has 2 atom stereocenters. The largest absolute Gasteiger partial charge is 0.478 e. The van der Waals surface area contributed by atoms with E-state index in [1.165, 1.54) is 13.8 Å². The van der Waals surface area contributed by atoms with E-state index in [9.17, 15) is 9.18 Å². The van der Waals surface area contributed by atoms with Crippen LogP contribution in [0.3, 0.4) is 0 Å². The van der Waals surface area contributed by atoms with Gasteiger partial charge >= 0.3 is 5.97 Å². The molecule has 4 aromatic rings. The number of hydrogen-bond acceptors (Lipinski definition) is 4. The van der Waals surface area contributed by atoms with Crippen molar-refractivity contribution in [3.63, 3.8) is 0 Å². The standard InChI is InChI=1S/C30H27F3N2O3/c1-17-11-22-21-14-19(20-5-4-10-34-15-20)7-8-25(21)38-29(22)28(35(17)16-30(2,3)33)27-23(31)12-18(13-24(27)32)6-9-26(36)37/h4-10,12-15,17,28H,11,16H2,1-3H3,(H,36,37)/b9-6+. The highest BCUT2D eigenvalue weighted by molar-refractivity contribution is 5.88. The monoisotopic (exact) mass is 520 g/mol. The molecule has 8 heteroatoms. The maximum Gasteiger partial charge on any atom is 0.328 e. The molecule has 1 N–H and O–H groups in total. The summed E-state index contributed by atoms with van der Waals surface area (Å²) in [5, 5.41) is 9.71. The van der Waals surface area contributed by atoms with Gasteiger partial charge in [-0.2, -0.15) is 0 Å². The lowest BCUT2D eigenvalue weighted by Crippen LogP contribution is -2.48. The second-order valence-corrected chi connectivity index (χ2v) is 10.3. The van der Waals surface area contributed by atoms with Crippen molar-refractivity contribution < 1.29 is 27.5 Å². The van der Waals surface area contributed by atoms with Crippen LogP contribution in [0.1, 0.15) is 49.3 Å². The second kappa shape index (κ2) is 9.76. The van der Waals surface area contributed by atoms with Crippen molar-refractivity contribution in [2.45, 2.75) is 44.9 Å². The van der Waals surface area contributed by atoms with Gasteiger partial charge in [0.1, 0.15) is 34.7 Å². The van der Waals surface area contributed by atoms with Crippen molar-refractivity contribution in [1.82, 2.24) is 9.88 Å². The minimum atomic E-state index is -1.64. The molecule has 2 aromatic carbocycles. The van der Waals surface area contributed by atoms with Crippen molar-refractivity contribution in [2.24, 2.45) is 0 Å². The first-order valence-electron chi connectivity index (χ1n) is 12.3. The van der Waals surface area contributed by atoms with E-state index < -0.39 is 29.3 Å². The summed E-state index contributed by atoms with van der Waals surface area (Å²) in [6.45, 7) is 4.69. The Labute approximate surface area is 218 Å². The maximum absolute atomic E-state index is 15.6. The number of benzene rings is 2. The van der Waals surface area contributed by atoms with Crippen LogP contribution in [0.4, 0.5) is 13.2 Å². The number of furan rings is 1. The van der Waals surface area contributed by atoms with E-state index in [0.29, 0.717) is 17.8 Å². The number of halogens is 3. The third kappa shape index (κ3) is 4.96. The summed E-state index contributed by atoms with van der Waals surface area (Å²) < 4.78 is 52.4. The predicted octanol–water partition coefficient (Wildman–Crippen LogP) is 6.95. The van der Waals surface area contributed by atoms with E-state index in [1.54, 1.807) is 17.3 Å². The molecule has 0 aliphatic carbocycles. The molecule has 0 saturated heterocycles. The first-order valence-corrected chi connectivity index (χ1v) is 12.3. The highest BCUT2D eigenvalue weighted by Crippen LogP contribution is 2.45. The van der Waals surface area contributed by atoms with E-state index >= 15 is 8.78 Å². The number of rotatable bonds is 6. The molecule has 1 aliphatic heterocycles. The number of hydrogen-bond donors (Lipinski definition) is 1. The third-order valence-electron chi connectivity index (χ3n) is 6.81. The fraction of sp³-hybridized carbons (Fsp3) is 0.267. The SMILES string of the molecule is CC1Cc2c(oc3ccc(-c4cccnc4)cc23)C(c2c(F)cc(/C=C/C(=O)O)cc2F)N1CC(C)(C)F. The van der Waals surface area contributed by atoms with Gasteiger partial charge in [-0.25, -0.2) is 18.0 Å². The van der Waals surface area contributed by atoms with Gasteiger partial charge in [0.15, 0.2) is 0 Å². The third-order valence-corrected chi connectivity index (χ3v) is 6.81. The average molecular weight is 521 g/mol. The van der Waals surface area contributed by atoms with Crippen LogP contribution in [0.25, 0.3) is 28.2 Å². The number of carboxylic acid groups (broad SMARTS) is 1. The zero-order chi connectivity index (χ0) is 27.2. The van der Waals surface area contributed by atoms with E-state index in [0.717, 1.165) is 46.4 Å². The van der Waals surface area contributed by atoms with Gasteiger partial charge in [-0.15, -0.1) is 0 Å². The first kappa shape index (κ1) is 25.7. The summed E-state index contributed by atoms with van der Waals surface area (Å²) in [5.41, 5.74) is 1.41. The number of aromatic nitrogens is 1. The Kier molecular flexibility index (Phi) is 6.61. The minimum absolute atomic E-state index is 0.0679. The summed E-state index contributed by atoms with van der Waals surface area (Å²) in [4.78, 5) is 16.8. The summed E-state index contributed by atoms with van der Waals surface area (Å²) in [6, 6.07) is 10.4.